The van der Waals surface area contributed by atoms with Crippen molar-refractivity contribution in [2.45, 2.75) is 54.2 Å². The van der Waals surface area contributed by atoms with Crippen LogP contribution in [0.5, 0.6) is 0 Å². The van der Waals surface area contributed by atoms with E-state index in [2.05, 4.69) is 0 Å². The smallest absolute Gasteiger partial charge is 0.407 e. The Morgan fingerprint density at radius 1 is 1.00 bits per heavy atom. The lowest BCUT2D eigenvalue weighted by Gasteiger charge is -2.29. The van der Waals surface area contributed by atoms with Crippen molar-refractivity contribution in [2.75, 3.05) is 19.6 Å². The van der Waals surface area contributed by atoms with Crippen molar-refractivity contribution in [3.8, 4) is 0 Å². The molecule has 2 atom stereocenters. The molecule has 2 amide bonds. The zero-order valence-electron chi connectivity index (χ0n) is 22.6. The average molecular weight is 601 g/mol. The Labute approximate surface area is 244 Å². The molecule has 1 saturated heterocycles. The van der Waals surface area contributed by atoms with E-state index in [1.165, 1.54) is 36.4 Å². The van der Waals surface area contributed by atoms with Crippen molar-refractivity contribution >= 4 is 33.4 Å². The van der Waals surface area contributed by atoms with Gasteiger partial charge in [-0.3, -0.25) is 4.79 Å². The molecule has 0 radical (unpaired) electrons. The van der Waals surface area contributed by atoms with Crippen LogP contribution in [0.25, 0.3) is 0 Å². The Kier molecular flexibility index (Phi) is 9.70. The molecule has 41 heavy (non-hydrogen) atoms. The van der Waals surface area contributed by atoms with E-state index in [-0.39, 0.29) is 22.2 Å². The maximum absolute atomic E-state index is 13.2. The van der Waals surface area contributed by atoms with Crippen molar-refractivity contribution in [2.24, 2.45) is 0 Å². The van der Waals surface area contributed by atoms with Crippen LogP contribution in [0.3, 0.4) is 0 Å². The summed E-state index contributed by atoms with van der Waals surface area (Å²) in [5.41, 5.74) is 1.62. The molecule has 0 aromatic heterocycles. The summed E-state index contributed by atoms with van der Waals surface area (Å²) in [4.78, 5) is 27.6. The standard InChI is InChI=1S/C30H33ClN2O7S/c1-20(33(30(37)38)19-28(35)23-3-2-4-24(31)18-23)17-21-5-9-26(10-6-21)41(39,40)27-11-7-22(8-12-27)29(36)32-15-13-25(34)14-16-32/h2-12,18,20,25,28,34-35H,13-17,19H2,1H3,(H,37,38)/t20-,28-/m1/s1. The lowest BCUT2D eigenvalue weighted by atomic mass is 10.0. The number of carbonyl (C=O) groups is 2. The molecule has 0 aliphatic carbocycles. The van der Waals surface area contributed by atoms with Gasteiger partial charge in [-0.2, -0.15) is 0 Å². The molecule has 0 unspecified atom stereocenters. The van der Waals surface area contributed by atoms with Gasteiger partial charge >= 0.3 is 6.09 Å². The fraction of sp³-hybridized carbons (Fsp3) is 0.333. The third-order valence-corrected chi connectivity index (χ3v) is 9.33. The second-order valence-corrected chi connectivity index (χ2v) is 12.6. The van der Waals surface area contributed by atoms with Crippen LogP contribution in [0.4, 0.5) is 4.79 Å². The van der Waals surface area contributed by atoms with Crippen molar-refractivity contribution in [3.63, 3.8) is 0 Å². The number of halogens is 1. The van der Waals surface area contributed by atoms with Crippen LogP contribution in [0.15, 0.2) is 82.6 Å². The highest BCUT2D eigenvalue weighted by Crippen LogP contribution is 2.24. The van der Waals surface area contributed by atoms with Crippen LogP contribution in [0.1, 0.15) is 47.4 Å². The molecule has 3 aromatic carbocycles. The second kappa shape index (κ2) is 13.0. The molecule has 1 fully saturated rings. The summed E-state index contributed by atoms with van der Waals surface area (Å²) < 4.78 is 26.4. The van der Waals surface area contributed by atoms with Gasteiger partial charge in [-0.05, 0) is 85.8 Å². The van der Waals surface area contributed by atoms with E-state index in [9.17, 15) is 33.3 Å². The van der Waals surface area contributed by atoms with Crippen molar-refractivity contribution in [1.82, 2.24) is 9.80 Å². The van der Waals surface area contributed by atoms with Crippen LogP contribution < -0.4 is 0 Å². The Morgan fingerprint density at radius 3 is 2.15 bits per heavy atom. The first-order chi connectivity index (χ1) is 19.5. The largest absolute Gasteiger partial charge is 0.465 e. The molecular formula is C30H33ClN2O7S. The first kappa shape index (κ1) is 30.5. The third-order valence-electron chi connectivity index (χ3n) is 7.31. The summed E-state index contributed by atoms with van der Waals surface area (Å²) in [7, 11) is -3.85. The first-order valence-electron chi connectivity index (χ1n) is 13.3. The van der Waals surface area contributed by atoms with Gasteiger partial charge in [-0.1, -0.05) is 35.9 Å². The molecule has 11 heteroatoms. The van der Waals surface area contributed by atoms with E-state index in [1.54, 1.807) is 48.2 Å². The zero-order valence-corrected chi connectivity index (χ0v) is 24.1. The number of benzene rings is 3. The molecule has 3 aromatic rings. The van der Waals surface area contributed by atoms with Crippen LogP contribution in [0, 0.1) is 0 Å². The first-order valence-corrected chi connectivity index (χ1v) is 15.2. The van der Waals surface area contributed by atoms with Crippen LogP contribution in [0.2, 0.25) is 5.02 Å². The maximum Gasteiger partial charge on any atom is 0.407 e. The number of sulfone groups is 1. The second-order valence-electron chi connectivity index (χ2n) is 10.3. The minimum absolute atomic E-state index is 0.0521. The van der Waals surface area contributed by atoms with E-state index >= 15 is 0 Å². The van der Waals surface area contributed by atoms with Gasteiger partial charge in [0.1, 0.15) is 0 Å². The van der Waals surface area contributed by atoms with Gasteiger partial charge in [0.15, 0.2) is 0 Å². The molecule has 4 rings (SSSR count). The predicted molar refractivity (Wildman–Crippen MR) is 154 cm³/mol. The summed E-state index contributed by atoms with van der Waals surface area (Å²) in [6.07, 6.45) is -1.30. The van der Waals surface area contributed by atoms with E-state index < -0.39 is 34.2 Å². The number of nitrogens with zero attached hydrogens (tertiary/aromatic N) is 2. The van der Waals surface area contributed by atoms with Crippen molar-refractivity contribution < 1.29 is 33.3 Å². The number of piperidine rings is 1. The molecule has 1 aliphatic rings. The van der Waals surface area contributed by atoms with Crippen molar-refractivity contribution in [3.05, 3.63) is 94.5 Å². The zero-order chi connectivity index (χ0) is 29.7. The van der Waals surface area contributed by atoms with Gasteiger partial charge in [0.05, 0.1) is 28.5 Å². The monoisotopic (exact) mass is 600 g/mol. The molecule has 218 valence electrons. The number of hydrogen-bond acceptors (Lipinski definition) is 6. The van der Waals surface area contributed by atoms with Gasteiger partial charge < -0.3 is 25.1 Å². The Morgan fingerprint density at radius 2 is 1.59 bits per heavy atom. The van der Waals surface area contributed by atoms with E-state index in [1.807, 2.05) is 0 Å². The van der Waals surface area contributed by atoms with E-state index in [4.69, 9.17) is 11.6 Å². The molecule has 9 nitrogen and oxygen atoms in total. The number of hydrogen-bond donors (Lipinski definition) is 3. The Bertz CT molecular complexity index is 1470. The molecule has 0 saturated carbocycles. The quantitative estimate of drug-likeness (QED) is 0.331. The SMILES string of the molecule is C[C@H](Cc1ccc(S(=O)(=O)c2ccc(C(=O)N3CCC(O)CC3)cc2)cc1)N(C[C@@H](O)c1cccc(Cl)c1)C(=O)O. The molecular weight excluding hydrogens is 568 g/mol. The number of amides is 2. The maximum atomic E-state index is 13.2. The van der Waals surface area contributed by atoms with E-state index in [0.29, 0.717) is 48.5 Å². The van der Waals surface area contributed by atoms with Gasteiger partial charge in [0, 0.05) is 29.7 Å². The third kappa shape index (κ3) is 7.45. The van der Waals surface area contributed by atoms with Crippen molar-refractivity contribution in [1.29, 1.82) is 0 Å². The molecule has 0 bridgehead atoms. The summed E-state index contributed by atoms with van der Waals surface area (Å²) in [6.45, 7) is 2.48. The average Bonchev–Trinajstić information content (AvgIpc) is 2.96. The highest BCUT2D eigenvalue weighted by atomic mass is 35.5. The minimum Gasteiger partial charge on any atom is -0.465 e. The lowest BCUT2D eigenvalue weighted by Crippen LogP contribution is -2.41. The Hall–Kier alpha value is -3.44. The van der Waals surface area contributed by atoms with Gasteiger partial charge in [0.2, 0.25) is 9.84 Å². The number of aliphatic hydroxyl groups is 2. The minimum atomic E-state index is -3.85. The Balaban J connectivity index is 1.41. The predicted octanol–water partition coefficient (Wildman–Crippen LogP) is 4.41. The number of rotatable bonds is 9. The van der Waals surface area contributed by atoms with Gasteiger partial charge in [-0.15, -0.1) is 0 Å². The topological polar surface area (TPSA) is 135 Å². The summed E-state index contributed by atoms with van der Waals surface area (Å²) in [5, 5.41) is 30.4. The normalized spacial score (nSPS) is 15.8. The number of carbonyl (C=O) groups excluding carboxylic acids is 1. The summed E-state index contributed by atoms with van der Waals surface area (Å²) >= 11 is 5.99. The highest BCUT2D eigenvalue weighted by Gasteiger charge is 2.25. The highest BCUT2D eigenvalue weighted by molar-refractivity contribution is 7.91. The van der Waals surface area contributed by atoms with Crippen LogP contribution >= 0.6 is 11.6 Å². The molecule has 1 aliphatic heterocycles. The lowest BCUT2D eigenvalue weighted by molar-refractivity contribution is 0.0546. The van der Waals surface area contributed by atoms with E-state index in [0.717, 1.165) is 10.5 Å². The van der Waals surface area contributed by atoms with Crippen LogP contribution in [-0.2, 0) is 16.3 Å². The fourth-order valence-electron chi connectivity index (χ4n) is 4.87. The summed E-state index contributed by atoms with van der Waals surface area (Å²) in [5.74, 6) is -0.199. The molecule has 1 heterocycles. The number of aliphatic hydroxyl groups excluding tert-OH is 2. The fourth-order valence-corrected chi connectivity index (χ4v) is 6.33. The van der Waals surface area contributed by atoms with Crippen LogP contribution in [-0.4, -0.2) is 77.3 Å². The van der Waals surface area contributed by atoms with Gasteiger partial charge in [0.25, 0.3) is 5.91 Å². The van der Waals surface area contributed by atoms with Gasteiger partial charge in [-0.25, -0.2) is 13.2 Å². The number of carboxylic acid groups (broad SMARTS) is 1. The summed E-state index contributed by atoms with van der Waals surface area (Å²) in [6, 6.07) is 18.1. The molecule has 0 spiro atoms. The molecule has 3 N–H and O–H groups in total. The number of likely N-dealkylation sites (tertiary alicyclic amines) is 1.